The SMILES string of the molecule is CC1=CC[C@@](O)(C[C@]2(O)CC=C(C)C=C2C(C)(C)C)C(C(C)(C)C)=C1. The molecule has 2 aliphatic carbocycles. The molecular weight excluding hydrogens is 308 g/mol. The van der Waals surface area contributed by atoms with Gasteiger partial charge in [-0.25, -0.2) is 0 Å². The van der Waals surface area contributed by atoms with E-state index in [1.54, 1.807) is 0 Å². The summed E-state index contributed by atoms with van der Waals surface area (Å²) in [7, 11) is 0. The molecule has 0 aromatic heterocycles. The average Bonchev–Trinajstić information content (AvgIpc) is 2.42. The van der Waals surface area contributed by atoms with Crippen LogP contribution in [-0.4, -0.2) is 21.4 Å². The van der Waals surface area contributed by atoms with Crippen molar-refractivity contribution < 1.29 is 10.2 Å². The van der Waals surface area contributed by atoms with Gasteiger partial charge in [0.1, 0.15) is 0 Å². The van der Waals surface area contributed by atoms with E-state index >= 15 is 0 Å². The van der Waals surface area contributed by atoms with E-state index in [9.17, 15) is 10.2 Å². The van der Waals surface area contributed by atoms with E-state index in [0.717, 1.165) is 11.1 Å². The highest BCUT2D eigenvalue weighted by Crippen LogP contribution is 2.49. The van der Waals surface area contributed by atoms with E-state index in [2.05, 4.69) is 79.7 Å². The average molecular weight is 345 g/mol. The molecule has 0 fully saturated rings. The van der Waals surface area contributed by atoms with Gasteiger partial charge in [-0.2, -0.15) is 0 Å². The van der Waals surface area contributed by atoms with Crippen LogP contribution in [-0.2, 0) is 0 Å². The highest BCUT2D eigenvalue weighted by atomic mass is 16.3. The van der Waals surface area contributed by atoms with Crippen molar-refractivity contribution in [2.45, 2.75) is 85.9 Å². The first-order chi connectivity index (χ1) is 11.2. The Bertz CT molecular complexity index is 603. The molecule has 0 aromatic carbocycles. The monoisotopic (exact) mass is 344 g/mol. The number of rotatable bonds is 2. The van der Waals surface area contributed by atoms with Gasteiger partial charge in [0.25, 0.3) is 0 Å². The molecule has 0 radical (unpaired) electrons. The number of allylic oxidation sites excluding steroid dienone is 4. The summed E-state index contributed by atoms with van der Waals surface area (Å²) in [6, 6.07) is 0. The summed E-state index contributed by atoms with van der Waals surface area (Å²) >= 11 is 0. The molecule has 0 unspecified atom stereocenters. The van der Waals surface area contributed by atoms with Crippen LogP contribution >= 0.6 is 0 Å². The molecular formula is C23H36O2. The first kappa shape index (κ1) is 20.2. The van der Waals surface area contributed by atoms with E-state index in [4.69, 9.17) is 0 Å². The van der Waals surface area contributed by atoms with Crippen molar-refractivity contribution in [3.63, 3.8) is 0 Å². The summed E-state index contributed by atoms with van der Waals surface area (Å²) in [5.74, 6) is 0. The zero-order valence-corrected chi connectivity index (χ0v) is 17.3. The van der Waals surface area contributed by atoms with E-state index in [1.807, 2.05) is 0 Å². The molecule has 2 nitrogen and oxygen atoms in total. The van der Waals surface area contributed by atoms with Gasteiger partial charge in [0.2, 0.25) is 0 Å². The summed E-state index contributed by atoms with van der Waals surface area (Å²) < 4.78 is 0. The summed E-state index contributed by atoms with van der Waals surface area (Å²) in [5, 5.41) is 23.3. The van der Waals surface area contributed by atoms with Crippen LogP contribution in [0.5, 0.6) is 0 Å². The third kappa shape index (κ3) is 4.17. The predicted octanol–water partition coefficient (Wildman–Crippen LogP) is 5.48. The van der Waals surface area contributed by atoms with E-state index < -0.39 is 11.2 Å². The van der Waals surface area contributed by atoms with Crippen molar-refractivity contribution in [2.24, 2.45) is 10.8 Å². The molecule has 2 heteroatoms. The Kier molecular flexibility index (Phi) is 5.04. The maximum Gasteiger partial charge on any atom is 0.0930 e. The molecule has 0 saturated carbocycles. The van der Waals surface area contributed by atoms with Gasteiger partial charge >= 0.3 is 0 Å². The maximum atomic E-state index is 11.6. The third-order valence-corrected chi connectivity index (χ3v) is 5.47. The minimum Gasteiger partial charge on any atom is -0.385 e. The predicted molar refractivity (Wildman–Crippen MR) is 106 cm³/mol. The topological polar surface area (TPSA) is 40.5 Å². The lowest BCUT2D eigenvalue weighted by Gasteiger charge is -2.47. The highest BCUT2D eigenvalue weighted by molar-refractivity contribution is 5.42. The van der Waals surface area contributed by atoms with Crippen molar-refractivity contribution in [3.8, 4) is 0 Å². The zero-order valence-electron chi connectivity index (χ0n) is 17.3. The quantitative estimate of drug-likeness (QED) is 0.696. The highest BCUT2D eigenvalue weighted by Gasteiger charge is 2.48. The van der Waals surface area contributed by atoms with Crippen LogP contribution in [0.4, 0.5) is 0 Å². The first-order valence-corrected chi connectivity index (χ1v) is 9.41. The molecule has 2 rings (SSSR count). The van der Waals surface area contributed by atoms with Crippen LogP contribution in [0.1, 0.15) is 74.7 Å². The number of aliphatic hydroxyl groups is 2. The Labute approximate surface area is 154 Å². The largest absolute Gasteiger partial charge is 0.385 e. The fraction of sp³-hybridized carbons (Fsp3) is 0.652. The second kappa shape index (κ2) is 6.25. The Morgan fingerprint density at radius 2 is 1.08 bits per heavy atom. The van der Waals surface area contributed by atoms with Crippen LogP contribution in [0.25, 0.3) is 0 Å². The second-order valence-corrected chi connectivity index (χ2v) is 10.2. The van der Waals surface area contributed by atoms with Crippen LogP contribution in [0.15, 0.2) is 46.6 Å². The lowest BCUT2D eigenvalue weighted by molar-refractivity contribution is -0.0394. The Morgan fingerprint density at radius 1 is 0.760 bits per heavy atom. The first-order valence-electron chi connectivity index (χ1n) is 9.41. The Hall–Kier alpha value is -1.12. The van der Waals surface area contributed by atoms with Crippen molar-refractivity contribution >= 4 is 0 Å². The standard InChI is InChI=1S/C23H36O2/c1-16-9-11-22(24,18(13-16)20(3,4)5)15-23(25)12-10-17(2)14-19(23)21(6,7)8/h9-10,13-14,24-25H,11-12,15H2,1-8H3/t22-,23-/m1/s1. The molecule has 0 aromatic rings. The summed E-state index contributed by atoms with van der Waals surface area (Å²) in [6.45, 7) is 17.0. The maximum absolute atomic E-state index is 11.6. The van der Waals surface area contributed by atoms with Crippen molar-refractivity contribution in [1.29, 1.82) is 0 Å². The molecule has 2 atom stereocenters. The van der Waals surface area contributed by atoms with E-state index in [0.29, 0.717) is 19.3 Å². The Balaban J connectivity index is 2.46. The van der Waals surface area contributed by atoms with Gasteiger partial charge in [0.05, 0.1) is 11.2 Å². The van der Waals surface area contributed by atoms with Gasteiger partial charge < -0.3 is 10.2 Å². The third-order valence-electron chi connectivity index (χ3n) is 5.47. The van der Waals surface area contributed by atoms with Crippen LogP contribution in [0.2, 0.25) is 0 Å². The minimum atomic E-state index is -1.02. The zero-order chi connectivity index (χ0) is 19.3. The van der Waals surface area contributed by atoms with Gasteiger partial charge in [0, 0.05) is 6.42 Å². The van der Waals surface area contributed by atoms with E-state index in [-0.39, 0.29) is 10.8 Å². The van der Waals surface area contributed by atoms with Crippen LogP contribution < -0.4 is 0 Å². The molecule has 0 bridgehead atoms. The van der Waals surface area contributed by atoms with Gasteiger partial charge in [-0.3, -0.25) is 0 Å². The molecule has 2 aliphatic rings. The fourth-order valence-electron chi connectivity index (χ4n) is 4.37. The smallest absolute Gasteiger partial charge is 0.0930 e. The van der Waals surface area contributed by atoms with Gasteiger partial charge in [0.15, 0.2) is 0 Å². The van der Waals surface area contributed by atoms with Gasteiger partial charge in [-0.05, 0) is 48.7 Å². The van der Waals surface area contributed by atoms with Crippen molar-refractivity contribution in [1.82, 2.24) is 0 Å². The molecule has 0 saturated heterocycles. The molecule has 0 amide bonds. The number of hydrogen-bond acceptors (Lipinski definition) is 2. The summed E-state index contributed by atoms with van der Waals surface area (Å²) in [5.41, 5.74) is 2.09. The summed E-state index contributed by atoms with van der Waals surface area (Å²) in [4.78, 5) is 0. The van der Waals surface area contributed by atoms with Crippen LogP contribution in [0.3, 0.4) is 0 Å². The van der Waals surface area contributed by atoms with Crippen molar-refractivity contribution in [3.05, 3.63) is 46.6 Å². The lowest BCUT2D eigenvalue weighted by Crippen LogP contribution is -2.49. The van der Waals surface area contributed by atoms with E-state index in [1.165, 1.54) is 11.1 Å². The number of hydrogen-bond donors (Lipinski definition) is 2. The molecule has 25 heavy (non-hydrogen) atoms. The molecule has 0 spiro atoms. The second-order valence-electron chi connectivity index (χ2n) is 10.2. The molecule has 140 valence electrons. The lowest BCUT2D eigenvalue weighted by atomic mass is 9.62. The Morgan fingerprint density at radius 3 is 1.36 bits per heavy atom. The van der Waals surface area contributed by atoms with Gasteiger partial charge in [-0.15, -0.1) is 0 Å². The van der Waals surface area contributed by atoms with Gasteiger partial charge in [-0.1, -0.05) is 77.0 Å². The normalized spacial score (nSPS) is 31.1. The fourth-order valence-corrected chi connectivity index (χ4v) is 4.37. The van der Waals surface area contributed by atoms with Crippen LogP contribution in [0, 0.1) is 10.8 Å². The van der Waals surface area contributed by atoms with Crippen molar-refractivity contribution in [2.75, 3.05) is 0 Å². The molecule has 0 aliphatic heterocycles. The summed E-state index contributed by atoms with van der Waals surface area (Å²) in [6.07, 6.45) is 9.84. The minimum absolute atomic E-state index is 0.146. The molecule has 2 N–H and O–H groups in total. The molecule has 0 heterocycles.